The normalized spacial score (nSPS) is 17.5. The number of guanidine groups is 1. The molecule has 1 fully saturated rings. The van der Waals surface area contributed by atoms with Gasteiger partial charge in [0.2, 0.25) is 5.91 Å². The van der Waals surface area contributed by atoms with Crippen LogP contribution in [0.3, 0.4) is 0 Å². The predicted molar refractivity (Wildman–Crippen MR) is 90.0 cm³/mol. The van der Waals surface area contributed by atoms with Crippen LogP contribution in [0.4, 0.5) is 0 Å². The van der Waals surface area contributed by atoms with Crippen LogP contribution in [0, 0.1) is 5.41 Å². The van der Waals surface area contributed by atoms with Gasteiger partial charge in [-0.05, 0) is 19.8 Å². The van der Waals surface area contributed by atoms with Crippen LogP contribution in [0.15, 0.2) is 4.99 Å². The Bertz CT molecular complexity index is 369. The van der Waals surface area contributed by atoms with Gasteiger partial charge in [0.15, 0.2) is 5.96 Å². The molecule has 2 N–H and O–H groups in total. The van der Waals surface area contributed by atoms with E-state index in [2.05, 4.69) is 20.5 Å². The molecule has 0 aromatic carbocycles. The predicted octanol–water partition coefficient (Wildman–Crippen LogP) is 1.23. The Balaban J connectivity index is 2.28. The molecule has 6 heteroatoms. The van der Waals surface area contributed by atoms with Crippen LogP contribution in [0.25, 0.3) is 0 Å². The number of aliphatic imine (C=N–C) groups is 1. The molecular formula is C16H32N4O2. The number of hydrogen-bond acceptors (Lipinski definition) is 3. The quantitative estimate of drug-likeness (QED) is 0.455. The van der Waals surface area contributed by atoms with Gasteiger partial charge in [0.05, 0.1) is 6.10 Å². The first-order valence-electron chi connectivity index (χ1n) is 8.24. The van der Waals surface area contributed by atoms with Crippen molar-refractivity contribution in [3.8, 4) is 0 Å². The molecule has 1 rings (SSSR count). The van der Waals surface area contributed by atoms with Crippen molar-refractivity contribution in [2.45, 2.75) is 46.6 Å². The maximum atomic E-state index is 11.8. The minimum Gasteiger partial charge on any atom is -0.378 e. The summed E-state index contributed by atoms with van der Waals surface area (Å²) in [5.74, 6) is 0.974. The van der Waals surface area contributed by atoms with Gasteiger partial charge in [-0.3, -0.25) is 9.79 Å². The number of carbonyl (C=O) groups is 1. The van der Waals surface area contributed by atoms with Crippen LogP contribution in [0.2, 0.25) is 0 Å². The van der Waals surface area contributed by atoms with E-state index in [1.165, 1.54) is 0 Å². The van der Waals surface area contributed by atoms with Crippen LogP contribution < -0.4 is 10.6 Å². The highest BCUT2D eigenvalue weighted by Crippen LogP contribution is 2.13. The number of hydrogen-bond donors (Lipinski definition) is 2. The zero-order chi connectivity index (χ0) is 16.6. The number of likely N-dealkylation sites (tertiary alicyclic amines) is 1. The third-order valence-corrected chi connectivity index (χ3v) is 3.73. The largest absolute Gasteiger partial charge is 0.378 e. The Hall–Kier alpha value is -1.30. The molecule has 0 unspecified atom stereocenters. The molecule has 0 bridgehead atoms. The topological polar surface area (TPSA) is 66.0 Å². The second-order valence-corrected chi connectivity index (χ2v) is 6.62. The van der Waals surface area contributed by atoms with Gasteiger partial charge in [0.25, 0.3) is 0 Å². The van der Waals surface area contributed by atoms with Crippen molar-refractivity contribution >= 4 is 11.9 Å². The smallest absolute Gasteiger partial charge is 0.225 e. The van der Waals surface area contributed by atoms with Crippen LogP contribution >= 0.6 is 0 Å². The van der Waals surface area contributed by atoms with E-state index in [-0.39, 0.29) is 11.3 Å². The summed E-state index contributed by atoms with van der Waals surface area (Å²) in [6.07, 6.45) is 2.45. The standard InChI is InChI=1S/C16H32N4O2/c1-6-22-13-7-11-20(12-8-13)15(17-5)19-10-9-18-14(21)16(2,3)4/h13H,6-12H2,1-5H3,(H,17,19)(H,18,21). The van der Waals surface area contributed by atoms with Crippen molar-refractivity contribution in [1.82, 2.24) is 15.5 Å². The van der Waals surface area contributed by atoms with E-state index in [9.17, 15) is 4.79 Å². The van der Waals surface area contributed by atoms with E-state index in [0.717, 1.165) is 38.5 Å². The van der Waals surface area contributed by atoms with Gasteiger partial charge in [0.1, 0.15) is 0 Å². The zero-order valence-electron chi connectivity index (χ0n) is 14.7. The van der Waals surface area contributed by atoms with Gasteiger partial charge in [-0.1, -0.05) is 20.8 Å². The van der Waals surface area contributed by atoms with Gasteiger partial charge in [-0.15, -0.1) is 0 Å². The number of amides is 1. The molecule has 0 aliphatic carbocycles. The molecule has 22 heavy (non-hydrogen) atoms. The Morgan fingerprint density at radius 2 is 1.82 bits per heavy atom. The summed E-state index contributed by atoms with van der Waals surface area (Å²) in [4.78, 5) is 18.4. The lowest BCUT2D eigenvalue weighted by molar-refractivity contribution is -0.128. The van der Waals surface area contributed by atoms with Crippen LogP contribution in [0.1, 0.15) is 40.5 Å². The van der Waals surface area contributed by atoms with Gasteiger partial charge in [-0.2, -0.15) is 0 Å². The van der Waals surface area contributed by atoms with Crippen molar-refractivity contribution < 1.29 is 9.53 Å². The second kappa shape index (κ2) is 8.98. The van der Waals surface area contributed by atoms with Gasteiger partial charge in [0, 0.05) is 45.2 Å². The summed E-state index contributed by atoms with van der Waals surface area (Å²) >= 11 is 0. The second-order valence-electron chi connectivity index (χ2n) is 6.62. The first kappa shape index (κ1) is 18.7. The fourth-order valence-electron chi connectivity index (χ4n) is 2.42. The van der Waals surface area contributed by atoms with Crippen LogP contribution in [-0.2, 0) is 9.53 Å². The van der Waals surface area contributed by atoms with E-state index in [1.54, 1.807) is 7.05 Å². The summed E-state index contributed by atoms with van der Waals surface area (Å²) < 4.78 is 5.67. The molecule has 1 aliphatic heterocycles. The molecule has 1 saturated heterocycles. The lowest BCUT2D eigenvalue weighted by Crippen LogP contribution is -2.49. The summed E-state index contributed by atoms with van der Waals surface area (Å²) in [6.45, 7) is 11.8. The molecule has 128 valence electrons. The summed E-state index contributed by atoms with van der Waals surface area (Å²) in [7, 11) is 1.80. The van der Waals surface area contributed by atoms with Gasteiger partial charge in [-0.25, -0.2) is 0 Å². The molecule has 0 atom stereocenters. The molecule has 1 aliphatic rings. The monoisotopic (exact) mass is 312 g/mol. The van der Waals surface area contributed by atoms with E-state index < -0.39 is 0 Å². The lowest BCUT2D eigenvalue weighted by atomic mass is 9.96. The fraction of sp³-hybridized carbons (Fsp3) is 0.875. The summed E-state index contributed by atoms with van der Waals surface area (Å²) in [6, 6.07) is 0. The molecule has 0 aromatic rings. The molecular weight excluding hydrogens is 280 g/mol. The number of nitrogens with one attached hydrogen (secondary N) is 2. The highest BCUT2D eigenvalue weighted by molar-refractivity contribution is 5.82. The number of rotatable bonds is 5. The minimum atomic E-state index is -0.344. The highest BCUT2D eigenvalue weighted by atomic mass is 16.5. The Morgan fingerprint density at radius 3 is 2.32 bits per heavy atom. The molecule has 0 radical (unpaired) electrons. The van der Waals surface area contributed by atoms with E-state index in [0.29, 0.717) is 19.2 Å². The number of piperidine rings is 1. The van der Waals surface area contributed by atoms with E-state index >= 15 is 0 Å². The van der Waals surface area contributed by atoms with Crippen molar-refractivity contribution in [3.05, 3.63) is 0 Å². The first-order valence-corrected chi connectivity index (χ1v) is 8.24. The van der Waals surface area contributed by atoms with E-state index in [4.69, 9.17) is 4.74 Å². The SMILES string of the molecule is CCOC1CCN(C(=NC)NCCNC(=O)C(C)(C)C)CC1. The fourth-order valence-corrected chi connectivity index (χ4v) is 2.42. The average molecular weight is 312 g/mol. The molecule has 0 aromatic heterocycles. The lowest BCUT2D eigenvalue weighted by Gasteiger charge is -2.34. The zero-order valence-corrected chi connectivity index (χ0v) is 14.7. The molecule has 6 nitrogen and oxygen atoms in total. The van der Waals surface area contributed by atoms with Crippen molar-refractivity contribution in [2.24, 2.45) is 10.4 Å². The van der Waals surface area contributed by atoms with Crippen LogP contribution in [0.5, 0.6) is 0 Å². The minimum absolute atomic E-state index is 0.0711. The maximum Gasteiger partial charge on any atom is 0.225 e. The van der Waals surface area contributed by atoms with Crippen molar-refractivity contribution in [1.29, 1.82) is 0 Å². The van der Waals surface area contributed by atoms with Gasteiger partial charge < -0.3 is 20.3 Å². The van der Waals surface area contributed by atoms with Crippen molar-refractivity contribution in [3.63, 3.8) is 0 Å². The van der Waals surface area contributed by atoms with E-state index in [1.807, 2.05) is 27.7 Å². The Morgan fingerprint density at radius 1 is 1.23 bits per heavy atom. The number of carbonyl (C=O) groups excluding carboxylic acids is 1. The first-order chi connectivity index (χ1) is 10.4. The van der Waals surface area contributed by atoms with Crippen LogP contribution in [-0.4, -0.2) is 62.7 Å². The number of ether oxygens (including phenoxy) is 1. The molecule has 1 heterocycles. The average Bonchev–Trinajstić information content (AvgIpc) is 2.47. The third-order valence-electron chi connectivity index (χ3n) is 3.73. The van der Waals surface area contributed by atoms with Crippen molar-refractivity contribution in [2.75, 3.05) is 39.8 Å². The Labute approximate surface area is 134 Å². The van der Waals surface area contributed by atoms with Gasteiger partial charge >= 0.3 is 0 Å². The Kier molecular flexibility index (Phi) is 7.65. The number of nitrogens with zero attached hydrogens (tertiary/aromatic N) is 2. The highest BCUT2D eigenvalue weighted by Gasteiger charge is 2.22. The molecule has 0 saturated carbocycles. The molecule has 1 amide bonds. The summed E-state index contributed by atoms with van der Waals surface area (Å²) in [5.41, 5.74) is -0.344. The summed E-state index contributed by atoms with van der Waals surface area (Å²) in [5, 5.41) is 6.25. The molecule has 0 spiro atoms. The third kappa shape index (κ3) is 6.22. The maximum absolute atomic E-state index is 11.8.